The molecule has 1 saturated heterocycles. The van der Waals surface area contributed by atoms with Crippen LogP contribution in [-0.4, -0.2) is 54.3 Å². The maximum Gasteiger partial charge on any atom is 0.212 e. The fraction of sp³-hybridized carbons (Fsp3) is 0.565. The first-order chi connectivity index (χ1) is 16.3. The van der Waals surface area contributed by atoms with E-state index >= 15 is 0 Å². The second-order valence-corrected chi connectivity index (χ2v) is 10.8. The second-order valence-electron chi connectivity index (χ2n) is 8.84. The number of ether oxygens (including phenoxy) is 1. The standard InChI is InChI=1S/C19H24F2N4OS.C4H9NOS/c1-25(2)10-11-8-13(20)15(14(21)9-11)16(26)17-18(22)24-19(27-17)23-12-6-4-3-5-7-12;5-7-4-1-2-6-3-4/h8-9,12H,3-7,10,22H2,1-2H3,(H,23,24);4H,1-3,5H2. The van der Waals surface area contributed by atoms with E-state index in [1.807, 2.05) is 0 Å². The van der Waals surface area contributed by atoms with Gasteiger partial charge in [-0.15, -0.1) is 0 Å². The number of hydrogen-bond acceptors (Lipinski definition) is 9. The van der Waals surface area contributed by atoms with Crippen LogP contribution >= 0.6 is 23.3 Å². The number of ketones is 1. The number of carbonyl (C=O) groups excluding carboxylic acids is 1. The van der Waals surface area contributed by atoms with E-state index in [1.54, 1.807) is 19.0 Å². The molecule has 2 aromatic rings. The number of nitrogens with one attached hydrogen (secondary N) is 1. The van der Waals surface area contributed by atoms with Crippen molar-refractivity contribution in [3.8, 4) is 0 Å². The number of thiazole rings is 1. The zero-order valence-corrected chi connectivity index (χ0v) is 21.2. The van der Waals surface area contributed by atoms with Crippen molar-refractivity contribution in [3.05, 3.63) is 39.8 Å². The molecule has 7 nitrogen and oxygen atoms in total. The van der Waals surface area contributed by atoms with Gasteiger partial charge in [0.05, 0.1) is 12.2 Å². The van der Waals surface area contributed by atoms with Crippen LogP contribution in [0.5, 0.6) is 0 Å². The Morgan fingerprint density at radius 2 is 1.91 bits per heavy atom. The average molecular weight is 514 g/mol. The molecule has 2 fully saturated rings. The van der Waals surface area contributed by atoms with E-state index in [0.717, 1.165) is 56.7 Å². The Morgan fingerprint density at radius 1 is 1.24 bits per heavy atom. The first-order valence-electron chi connectivity index (χ1n) is 11.4. The second kappa shape index (κ2) is 12.8. The molecule has 0 spiro atoms. The number of nitrogens with two attached hydrogens (primary N) is 2. The van der Waals surface area contributed by atoms with E-state index in [0.29, 0.717) is 28.5 Å². The molecule has 11 heteroatoms. The van der Waals surface area contributed by atoms with Crippen LogP contribution in [0, 0.1) is 11.6 Å². The molecule has 1 aliphatic carbocycles. The lowest BCUT2D eigenvalue weighted by Crippen LogP contribution is -2.22. The minimum atomic E-state index is -0.883. The molecule has 2 heterocycles. The monoisotopic (exact) mass is 513 g/mol. The summed E-state index contributed by atoms with van der Waals surface area (Å²) in [6.07, 6.45) is 6.74. The van der Waals surface area contributed by atoms with E-state index in [4.69, 9.17) is 15.6 Å². The minimum Gasteiger partial charge on any atom is -0.382 e. The van der Waals surface area contributed by atoms with E-state index in [1.165, 1.54) is 30.5 Å². The Labute approximate surface area is 207 Å². The van der Waals surface area contributed by atoms with Gasteiger partial charge in [-0.05, 0) is 51.1 Å². The summed E-state index contributed by atoms with van der Waals surface area (Å²) in [5.74, 6) is -2.54. The van der Waals surface area contributed by atoms with Crippen molar-refractivity contribution in [2.75, 3.05) is 38.4 Å². The van der Waals surface area contributed by atoms with Crippen molar-refractivity contribution in [3.63, 3.8) is 0 Å². The van der Waals surface area contributed by atoms with Gasteiger partial charge in [0.15, 0.2) is 5.13 Å². The van der Waals surface area contributed by atoms with E-state index in [2.05, 4.69) is 10.3 Å². The van der Waals surface area contributed by atoms with Crippen molar-refractivity contribution in [1.82, 2.24) is 9.88 Å². The number of nitrogens with zero attached hydrogens (tertiary/aromatic N) is 2. The predicted molar refractivity (Wildman–Crippen MR) is 135 cm³/mol. The van der Waals surface area contributed by atoms with Crippen LogP contribution in [-0.2, 0) is 11.3 Å². The van der Waals surface area contributed by atoms with Gasteiger partial charge in [-0.3, -0.25) is 9.93 Å². The van der Waals surface area contributed by atoms with Gasteiger partial charge < -0.3 is 20.7 Å². The van der Waals surface area contributed by atoms with Gasteiger partial charge in [-0.2, -0.15) is 0 Å². The normalized spacial score (nSPS) is 18.6. The highest BCUT2D eigenvalue weighted by Gasteiger charge is 2.26. The van der Waals surface area contributed by atoms with Crippen molar-refractivity contribution < 1.29 is 18.3 Å². The molecule has 1 saturated carbocycles. The molecule has 2 aliphatic rings. The number of carbonyl (C=O) groups is 1. The Hall–Kier alpha value is -1.79. The lowest BCUT2D eigenvalue weighted by Gasteiger charge is -2.22. The molecule has 1 aromatic carbocycles. The van der Waals surface area contributed by atoms with E-state index < -0.39 is 23.0 Å². The first kappa shape index (κ1) is 26.8. The molecule has 0 amide bonds. The molecule has 0 radical (unpaired) electrons. The molecule has 1 aromatic heterocycles. The molecule has 4 rings (SSSR count). The van der Waals surface area contributed by atoms with Crippen LogP contribution < -0.4 is 16.2 Å². The number of rotatable bonds is 7. The zero-order chi connectivity index (χ0) is 24.7. The number of anilines is 2. The van der Waals surface area contributed by atoms with Gasteiger partial charge in [0, 0.05) is 24.4 Å². The largest absolute Gasteiger partial charge is 0.382 e. The number of halogens is 2. The van der Waals surface area contributed by atoms with Gasteiger partial charge >= 0.3 is 0 Å². The summed E-state index contributed by atoms with van der Waals surface area (Å²) in [5.41, 5.74) is 5.74. The first-order valence-corrected chi connectivity index (χ1v) is 13.2. The molecule has 1 unspecified atom stereocenters. The topological polar surface area (TPSA) is 106 Å². The zero-order valence-electron chi connectivity index (χ0n) is 19.6. The Balaban J connectivity index is 0.000000396. The number of nitrogen functional groups attached to an aromatic ring is 1. The highest BCUT2D eigenvalue weighted by molar-refractivity contribution is 7.97. The summed E-state index contributed by atoms with van der Waals surface area (Å²) in [4.78, 5) is 18.8. The molecule has 0 bridgehead atoms. The van der Waals surface area contributed by atoms with Crippen molar-refractivity contribution >= 4 is 40.0 Å². The van der Waals surface area contributed by atoms with Crippen molar-refractivity contribution in [1.29, 1.82) is 0 Å². The Kier molecular flexibility index (Phi) is 10.1. The quantitative estimate of drug-likeness (QED) is 0.369. The van der Waals surface area contributed by atoms with E-state index in [-0.39, 0.29) is 10.7 Å². The number of aromatic nitrogens is 1. The van der Waals surface area contributed by atoms with E-state index in [9.17, 15) is 13.6 Å². The predicted octanol–water partition coefficient (Wildman–Crippen LogP) is 4.42. The highest BCUT2D eigenvalue weighted by Crippen LogP contribution is 2.31. The number of benzene rings is 1. The lowest BCUT2D eigenvalue weighted by atomic mass is 9.96. The maximum absolute atomic E-state index is 14.5. The molecular formula is C23H33F2N5O2S2. The van der Waals surface area contributed by atoms with Crippen LogP contribution in [0.4, 0.5) is 19.7 Å². The third-order valence-corrected chi connectivity index (χ3v) is 7.46. The Bertz CT molecular complexity index is 938. The van der Waals surface area contributed by atoms with Gasteiger partial charge in [-0.25, -0.2) is 13.8 Å². The van der Waals surface area contributed by atoms with Crippen molar-refractivity contribution in [2.45, 2.75) is 56.4 Å². The van der Waals surface area contributed by atoms with Crippen LogP contribution in [0.3, 0.4) is 0 Å². The van der Waals surface area contributed by atoms with Crippen LogP contribution in [0.2, 0.25) is 0 Å². The molecular weight excluding hydrogens is 480 g/mol. The summed E-state index contributed by atoms with van der Waals surface area (Å²) < 4.78 is 34.0. The molecule has 1 atom stereocenters. The highest BCUT2D eigenvalue weighted by atomic mass is 32.2. The third kappa shape index (κ3) is 7.35. The maximum atomic E-state index is 14.5. The molecule has 188 valence electrons. The number of hydrogen-bond donors (Lipinski definition) is 3. The van der Waals surface area contributed by atoms with Gasteiger partial charge in [-0.1, -0.05) is 42.5 Å². The fourth-order valence-electron chi connectivity index (χ4n) is 4.01. The van der Waals surface area contributed by atoms with Crippen LogP contribution in [0.25, 0.3) is 0 Å². The minimum absolute atomic E-state index is 0.000484. The summed E-state index contributed by atoms with van der Waals surface area (Å²) >= 11 is 2.46. The summed E-state index contributed by atoms with van der Waals surface area (Å²) in [6.45, 7) is 2.12. The molecule has 5 N–H and O–H groups in total. The fourth-order valence-corrected chi connectivity index (χ4v) is 5.33. The Morgan fingerprint density at radius 3 is 2.44 bits per heavy atom. The summed E-state index contributed by atoms with van der Waals surface area (Å²) in [5, 5.41) is 9.65. The summed E-state index contributed by atoms with van der Waals surface area (Å²) in [7, 11) is 3.60. The van der Waals surface area contributed by atoms with Gasteiger partial charge in [0.25, 0.3) is 0 Å². The lowest BCUT2D eigenvalue weighted by molar-refractivity contribution is 0.103. The average Bonchev–Trinajstić information content (AvgIpc) is 3.43. The third-order valence-electron chi connectivity index (χ3n) is 5.70. The molecule has 1 aliphatic heterocycles. The van der Waals surface area contributed by atoms with Crippen LogP contribution in [0.15, 0.2) is 12.1 Å². The smallest absolute Gasteiger partial charge is 0.212 e. The summed E-state index contributed by atoms with van der Waals surface area (Å²) in [6, 6.07) is 2.68. The van der Waals surface area contributed by atoms with Crippen LogP contribution in [0.1, 0.15) is 59.3 Å². The van der Waals surface area contributed by atoms with Crippen molar-refractivity contribution in [2.24, 2.45) is 5.14 Å². The van der Waals surface area contributed by atoms with Gasteiger partial charge in [0.2, 0.25) is 5.78 Å². The molecule has 34 heavy (non-hydrogen) atoms. The SMILES string of the molecule is CN(C)Cc1cc(F)c(C(=O)c2sc(NC3CCCCC3)nc2N)c(F)c1.NSC1CCOC1. The van der Waals surface area contributed by atoms with Gasteiger partial charge in [0.1, 0.15) is 22.3 Å².